The second kappa shape index (κ2) is 7.23. The van der Waals surface area contributed by atoms with Gasteiger partial charge in [0.15, 0.2) is 0 Å². The number of esters is 1. The van der Waals surface area contributed by atoms with Crippen LogP contribution in [0.1, 0.15) is 57.5 Å². The van der Waals surface area contributed by atoms with E-state index in [1.54, 1.807) is 45.0 Å². The van der Waals surface area contributed by atoms with Crippen LogP contribution in [0, 0.1) is 0 Å². The molecule has 0 unspecified atom stereocenters. The van der Waals surface area contributed by atoms with Gasteiger partial charge < -0.3 is 9.84 Å². The number of aromatic carboxylic acids is 1. The molecule has 2 aromatic carbocycles. The summed E-state index contributed by atoms with van der Waals surface area (Å²) in [6.45, 7) is 5.33. The van der Waals surface area contributed by atoms with Crippen LogP contribution in [0.4, 0.5) is 0 Å². The molecule has 6 heteroatoms. The average Bonchev–Trinajstić information content (AvgIpc) is 2.65. The summed E-state index contributed by atoms with van der Waals surface area (Å²) in [6.07, 6.45) is 1.19. The largest absolute Gasteiger partial charge is 0.478 e. The first-order valence-electron chi connectivity index (χ1n) is 8.66. The van der Waals surface area contributed by atoms with E-state index in [4.69, 9.17) is 4.74 Å². The lowest BCUT2D eigenvalue weighted by atomic mass is 9.99. The summed E-state index contributed by atoms with van der Waals surface area (Å²) in [4.78, 5) is 40.5. The summed E-state index contributed by atoms with van der Waals surface area (Å²) in [5, 5.41) is 10.2. The molecule has 0 spiro atoms. The number of ether oxygens (including phenoxy) is 1. The fourth-order valence-corrected chi connectivity index (χ4v) is 2.78. The standard InChI is InChI=1S/C22H19NO5/c1-22(2,3)28-21(27)14-10-8-13(9-11-14)19(24)18-16-7-5-4-6-15(16)17(12-23-18)20(25)26/h4-12H,1-3H3,(H,25,26). The smallest absolute Gasteiger partial charge is 0.338 e. The van der Waals surface area contributed by atoms with Crippen LogP contribution in [0.25, 0.3) is 10.8 Å². The molecule has 0 saturated carbocycles. The Morgan fingerprint density at radius 3 is 2.04 bits per heavy atom. The first kappa shape index (κ1) is 19.2. The number of carboxylic acids is 1. The molecule has 0 aliphatic heterocycles. The summed E-state index contributed by atoms with van der Waals surface area (Å²) >= 11 is 0. The first-order valence-corrected chi connectivity index (χ1v) is 8.66. The van der Waals surface area contributed by atoms with E-state index in [9.17, 15) is 19.5 Å². The molecule has 0 bridgehead atoms. The number of benzene rings is 2. The van der Waals surface area contributed by atoms with Gasteiger partial charge >= 0.3 is 11.9 Å². The number of nitrogens with zero attached hydrogens (tertiary/aromatic N) is 1. The molecule has 3 rings (SSSR count). The van der Waals surface area contributed by atoms with Crippen molar-refractivity contribution in [2.45, 2.75) is 26.4 Å². The van der Waals surface area contributed by atoms with Crippen molar-refractivity contribution in [3.05, 3.63) is 77.1 Å². The van der Waals surface area contributed by atoms with Crippen LogP contribution >= 0.6 is 0 Å². The van der Waals surface area contributed by atoms with Crippen molar-refractivity contribution in [1.29, 1.82) is 0 Å². The van der Waals surface area contributed by atoms with E-state index in [0.717, 1.165) is 0 Å². The molecule has 1 heterocycles. The minimum atomic E-state index is -1.11. The molecule has 0 atom stereocenters. The SMILES string of the molecule is CC(C)(C)OC(=O)c1ccc(C(=O)c2ncc(C(=O)O)c3ccccc23)cc1. The number of carboxylic acid groups (broad SMARTS) is 1. The Morgan fingerprint density at radius 1 is 0.893 bits per heavy atom. The highest BCUT2D eigenvalue weighted by Crippen LogP contribution is 2.23. The molecule has 1 N–H and O–H groups in total. The number of fused-ring (bicyclic) bond motifs is 1. The second-order valence-electron chi connectivity index (χ2n) is 7.28. The second-order valence-corrected chi connectivity index (χ2v) is 7.28. The van der Waals surface area contributed by atoms with E-state index in [2.05, 4.69) is 4.98 Å². The van der Waals surface area contributed by atoms with Gasteiger partial charge in [-0.25, -0.2) is 9.59 Å². The normalized spacial score (nSPS) is 11.2. The van der Waals surface area contributed by atoms with E-state index >= 15 is 0 Å². The molecule has 3 aromatic rings. The maximum Gasteiger partial charge on any atom is 0.338 e. The van der Waals surface area contributed by atoms with Crippen molar-refractivity contribution in [3.63, 3.8) is 0 Å². The Labute approximate surface area is 161 Å². The van der Waals surface area contributed by atoms with Crippen LogP contribution in [0.5, 0.6) is 0 Å². The zero-order valence-electron chi connectivity index (χ0n) is 15.7. The van der Waals surface area contributed by atoms with Gasteiger partial charge in [0.25, 0.3) is 0 Å². The molecule has 0 saturated heterocycles. The average molecular weight is 377 g/mol. The molecule has 28 heavy (non-hydrogen) atoms. The Balaban J connectivity index is 1.96. The fourth-order valence-electron chi connectivity index (χ4n) is 2.78. The highest BCUT2D eigenvalue weighted by Gasteiger charge is 2.20. The number of aromatic nitrogens is 1. The number of pyridine rings is 1. The summed E-state index contributed by atoms with van der Waals surface area (Å²) in [5.74, 6) is -1.94. The van der Waals surface area contributed by atoms with Crippen molar-refractivity contribution < 1.29 is 24.2 Å². The van der Waals surface area contributed by atoms with Crippen LogP contribution < -0.4 is 0 Å². The van der Waals surface area contributed by atoms with E-state index < -0.39 is 17.5 Å². The molecule has 0 fully saturated rings. The quantitative estimate of drug-likeness (QED) is 0.543. The topological polar surface area (TPSA) is 93.6 Å². The van der Waals surface area contributed by atoms with Gasteiger partial charge in [0, 0.05) is 22.5 Å². The molecule has 0 radical (unpaired) electrons. The van der Waals surface area contributed by atoms with E-state index in [0.29, 0.717) is 21.9 Å². The van der Waals surface area contributed by atoms with Crippen molar-refractivity contribution in [2.75, 3.05) is 0 Å². The highest BCUT2D eigenvalue weighted by atomic mass is 16.6. The van der Waals surface area contributed by atoms with Crippen LogP contribution in [-0.2, 0) is 4.74 Å². The van der Waals surface area contributed by atoms with Crippen molar-refractivity contribution >= 4 is 28.5 Å². The number of rotatable bonds is 4. The number of carbonyl (C=O) groups excluding carboxylic acids is 2. The van der Waals surface area contributed by atoms with E-state index in [-0.39, 0.29) is 17.0 Å². The Hall–Kier alpha value is -3.54. The van der Waals surface area contributed by atoms with Crippen molar-refractivity contribution in [2.24, 2.45) is 0 Å². The molecular weight excluding hydrogens is 358 g/mol. The van der Waals surface area contributed by atoms with Gasteiger partial charge in [-0.15, -0.1) is 0 Å². The van der Waals surface area contributed by atoms with E-state index in [1.165, 1.54) is 30.5 Å². The lowest BCUT2D eigenvalue weighted by molar-refractivity contribution is 0.00691. The first-order chi connectivity index (χ1) is 13.2. The Kier molecular flexibility index (Phi) is 4.96. The van der Waals surface area contributed by atoms with Gasteiger partial charge in [-0.1, -0.05) is 36.4 Å². The predicted molar refractivity (Wildman–Crippen MR) is 104 cm³/mol. The highest BCUT2D eigenvalue weighted by molar-refractivity contribution is 6.17. The number of hydrogen-bond donors (Lipinski definition) is 1. The summed E-state index contributed by atoms with van der Waals surface area (Å²) in [7, 11) is 0. The van der Waals surface area contributed by atoms with Gasteiger partial charge in [0.05, 0.1) is 11.1 Å². The Bertz CT molecular complexity index is 1080. The van der Waals surface area contributed by atoms with Crippen LogP contribution in [0.2, 0.25) is 0 Å². The molecule has 0 aliphatic carbocycles. The van der Waals surface area contributed by atoms with Gasteiger partial charge in [-0.3, -0.25) is 9.78 Å². The number of ketones is 1. The molecular formula is C22H19NO5. The number of carbonyl (C=O) groups is 3. The lowest BCUT2D eigenvalue weighted by Gasteiger charge is -2.19. The zero-order chi connectivity index (χ0) is 20.5. The minimum absolute atomic E-state index is 0.0347. The maximum atomic E-state index is 12.9. The van der Waals surface area contributed by atoms with Crippen LogP contribution in [-0.4, -0.2) is 33.4 Å². The van der Waals surface area contributed by atoms with Crippen molar-refractivity contribution in [3.8, 4) is 0 Å². The summed E-state index contributed by atoms with van der Waals surface area (Å²) in [5.41, 5.74) is 0.261. The molecule has 1 aromatic heterocycles. The Morgan fingerprint density at radius 2 is 1.46 bits per heavy atom. The predicted octanol–water partition coefficient (Wildman–Crippen LogP) is 4.12. The van der Waals surface area contributed by atoms with Crippen LogP contribution in [0.15, 0.2) is 54.7 Å². The summed E-state index contributed by atoms with van der Waals surface area (Å²) < 4.78 is 5.31. The zero-order valence-corrected chi connectivity index (χ0v) is 15.7. The third-order valence-corrected chi connectivity index (χ3v) is 4.02. The minimum Gasteiger partial charge on any atom is -0.478 e. The van der Waals surface area contributed by atoms with Gasteiger partial charge in [-0.05, 0) is 32.9 Å². The van der Waals surface area contributed by atoms with Crippen LogP contribution in [0.3, 0.4) is 0 Å². The van der Waals surface area contributed by atoms with Crippen molar-refractivity contribution in [1.82, 2.24) is 4.98 Å². The molecule has 0 aliphatic rings. The lowest BCUT2D eigenvalue weighted by Crippen LogP contribution is -2.23. The summed E-state index contributed by atoms with van der Waals surface area (Å²) in [6, 6.07) is 12.8. The molecule has 6 nitrogen and oxygen atoms in total. The fraction of sp³-hybridized carbons (Fsp3) is 0.182. The van der Waals surface area contributed by atoms with Gasteiger partial charge in [0.2, 0.25) is 5.78 Å². The molecule has 0 amide bonds. The maximum absolute atomic E-state index is 12.9. The van der Waals surface area contributed by atoms with E-state index in [1.807, 2.05) is 0 Å². The number of hydrogen-bond acceptors (Lipinski definition) is 5. The monoisotopic (exact) mass is 377 g/mol. The third kappa shape index (κ3) is 3.91. The third-order valence-electron chi connectivity index (χ3n) is 4.02. The van der Waals surface area contributed by atoms with Gasteiger partial charge in [0.1, 0.15) is 11.3 Å². The van der Waals surface area contributed by atoms with Gasteiger partial charge in [-0.2, -0.15) is 0 Å². The molecule has 142 valence electrons.